The molecule has 0 aliphatic heterocycles. The Labute approximate surface area is 159 Å². The zero-order chi connectivity index (χ0) is 19.8. The third-order valence-electron chi connectivity index (χ3n) is 3.82. The summed E-state index contributed by atoms with van der Waals surface area (Å²) in [7, 11) is 4.62. The van der Waals surface area contributed by atoms with Gasteiger partial charge in [-0.3, -0.25) is 4.79 Å². The molecule has 27 heavy (non-hydrogen) atoms. The van der Waals surface area contributed by atoms with Gasteiger partial charge in [0.05, 0.1) is 21.3 Å². The lowest BCUT2D eigenvalue weighted by Gasteiger charge is -2.14. The van der Waals surface area contributed by atoms with Crippen LogP contribution in [0.15, 0.2) is 24.4 Å². The van der Waals surface area contributed by atoms with Crippen molar-refractivity contribution >= 4 is 17.5 Å². The minimum atomic E-state index is -0.231. The van der Waals surface area contributed by atoms with E-state index in [0.717, 1.165) is 6.42 Å². The van der Waals surface area contributed by atoms with E-state index in [2.05, 4.69) is 34.4 Å². The molecule has 1 aromatic heterocycles. The maximum atomic E-state index is 12.2. The van der Waals surface area contributed by atoms with Gasteiger partial charge in [-0.25, -0.2) is 9.97 Å². The van der Waals surface area contributed by atoms with E-state index in [1.165, 1.54) is 13.3 Å². The number of carbonyl (C=O) groups excluding carboxylic acids is 1. The quantitative estimate of drug-likeness (QED) is 0.697. The summed E-state index contributed by atoms with van der Waals surface area (Å²) < 4.78 is 16.0. The molecule has 0 bridgehead atoms. The minimum absolute atomic E-state index is 0.231. The van der Waals surface area contributed by atoms with Gasteiger partial charge < -0.3 is 24.8 Å². The molecule has 1 aromatic carbocycles. The fourth-order valence-corrected chi connectivity index (χ4v) is 2.39. The zero-order valence-electron chi connectivity index (χ0n) is 16.3. The Balaban J connectivity index is 2.17. The summed E-state index contributed by atoms with van der Waals surface area (Å²) in [6, 6.07) is 5.05. The van der Waals surface area contributed by atoms with Crippen molar-refractivity contribution in [3.63, 3.8) is 0 Å². The van der Waals surface area contributed by atoms with Gasteiger partial charge in [-0.1, -0.05) is 13.8 Å². The van der Waals surface area contributed by atoms with E-state index in [4.69, 9.17) is 14.2 Å². The van der Waals surface area contributed by atoms with Crippen LogP contribution in [0.3, 0.4) is 0 Å². The number of rotatable bonds is 9. The number of hydrogen-bond acceptors (Lipinski definition) is 7. The van der Waals surface area contributed by atoms with Crippen LogP contribution >= 0.6 is 0 Å². The van der Waals surface area contributed by atoms with Crippen molar-refractivity contribution in [1.29, 1.82) is 0 Å². The molecule has 0 saturated carbocycles. The number of anilines is 2. The van der Waals surface area contributed by atoms with Crippen molar-refractivity contribution in [2.45, 2.75) is 20.3 Å². The number of methoxy groups -OCH3 is 3. The third-order valence-corrected chi connectivity index (χ3v) is 3.82. The first-order valence-electron chi connectivity index (χ1n) is 8.66. The normalized spacial score (nSPS) is 10.4. The van der Waals surface area contributed by atoms with Gasteiger partial charge in [0, 0.05) is 30.6 Å². The van der Waals surface area contributed by atoms with Gasteiger partial charge in [0.1, 0.15) is 5.69 Å². The van der Waals surface area contributed by atoms with Gasteiger partial charge in [-0.2, -0.15) is 0 Å². The highest BCUT2D eigenvalue weighted by Gasteiger charge is 2.14. The molecule has 0 atom stereocenters. The van der Waals surface area contributed by atoms with Crippen LogP contribution in [0.2, 0.25) is 0 Å². The zero-order valence-corrected chi connectivity index (χ0v) is 16.3. The topological polar surface area (TPSA) is 94.6 Å². The number of carbonyl (C=O) groups is 1. The fraction of sp³-hybridized carbons (Fsp3) is 0.421. The van der Waals surface area contributed by atoms with Crippen molar-refractivity contribution in [3.8, 4) is 17.2 Å². The summed E-state index contributed by atoms with van der Waals surface area (Å²) in [6.45, 7) is 4.82. The summed E-state index contributed by atoms with van der Waals surface area (Å²) in [4.78, 5) is 20.7. The highest BCUT2D eigenvalue weighted by atomic mass is 16.5. The summed E-state index contributed by atoms with van der Waals surface area (Å²) in [6.07, 6.45) is 2.44. The van der Waals surface area contributed by atoms with Crippen LogP contribution < -0.4 is 24.8 Å². The molecule has 0 fully saturated rings. The van der Waals surface area contributed by atoms with Crippen LogP contribution in [0.1, 0.15) is 30.8 Å². The number of nitrogens with one attached hydrogen (secondary N) is 2. The van der Waals surface area contributed by atoms with E-state index in [1.54, 1.807) is 32.4 Å². The Kier molecular flexibility index (Phi) is 7.22. The third kappa shape index (κ3) is 5.47. The van der Waals surface area contributed by atoms with E-state index in [1.807, 2.05) is 0 Å². The molecular formula is C19H26N4O4. The molecular weight excluding hydrogens is 348 g/mol. The smallest absolute Gasteiger partial charge is 0.270 e. The first-order chi connectivity index (χ1) is 13.0. The van der Waals surface area contributed by atoms with Gasteiger partial charge in [-0.05, 0) is 18.4 Å². The Morgan fingerprint density at radius 3 is 2.33 bits per heavy atom. The van der Waals surface area contributed by atoms with E-state index >= 15 is 0 Å². The Morgan fingerprint density at radius 2 is 1.78 bits per heavy atom. The van der Waals surface area contributed by atoms with E-state index < -0.39 is 0 Å². The van der Waals surface area contributed by atoms with Gasteiger partial charge >= 0.3 is 0 Å². The molecule has 0 radical (unpaired) electrons. The molecule has 2 aromatic rings. The Morgan fingerprint density at radius 1 is 1.11 bits per heavy atom. The lowest BCUT2D eigenvalue weighted by Crippen LogP contribution is -2.26. The average molecular weight is 374 g/mol. The number of amides is 1. The summed E-state index contributed by atoms with van der Waals surface area (Å²) in [5.74, 6) is 2.08. The summed E-state index contributed by atoms with van der Waals surface area (Å²) in [5.41, 5.74) is 0.936. The second-order valence-corrected chi connectivity index (χ2v) is 6.24. The summed E-state index contributed by atoms with van der Waals surface area (Å²) in [5, 5.41) is 5.92. The molecule has 2 rings (SSSR count). The molecule has 1 heterocycles. The number of hydrogen-bond donors (Lipinski definition) is 2. The van der Waals surface area contributed by atoms with Crippen molar-refractivity contribution in [2.24, 2.45) is 5.92 Å². The van der Waals surface area contributed by atoms with Crippen molar-refractivity contribution in [3.05, 3.63) is 30.1 Å². The molecule has 0 aliphatic rings. The van der Waals surface area contributed by atoms with Crippen molar-refractivity contribution < 1.29 is 19.0 Å². The molecule has 2 N–H and O–H groups in total. The second kappa shape index (κ2) is 9.61. The van der Waals surface area contributed by atoms with Crippen LogP contribution in [0.4, 0.5) is 11.6 Å². The van der Waals surface area contributed by atoms with E-state index in [-0.39, 0.29) is 5.91 Å². The van der Waals surface area contributed by atoms with Crippen LogP contribution in [-0.2, 0) is 0 Å². The Hall–Kier alpha value is -3.03. The predicted molar refractivity (Wildman–Crippen MR) is 103 cm³/mol. The minimum Gasteiger partial charge on any atom is -0.493 e. The number of aromatic nitrogens is 2. The fourth-order valence-electron chi connectivity index (χ4n) is 2.39. The van der Waals surface area contributed by atoms with Gasteiger partial charge in [0.15, 0.2) is 11.5 Å². The lowest BCUT2D eigenvalue weighted by atomic mass is 10.1. The first-order valence-corrected chi connectivity index (χ1v) is 8.66. The lowest BCUT2D eigenvalue weighted by molar-refractivity contribution is 0.0947. The monoisotopic (exact) mass is 374 g/mol. The van der Waals surface area contributed by atoms with Crippen LogP contribution in [0.25, 0.3) is 0 Å². The molecule has 146 valence electrons. The SMILES string of the molecule is COc1cc(Nc2nccc(C(=O)NCCC(C)C)n2)cc(OC)c1OC. The molecule has 0 aliphatic carbocycles. The van der Waals surface area contributed by atoms with Gasteiger partial charge in [-0.15, -0.1) is 0 Å². The van der Waals surface area contributed by atoms with Gasteiger partial charge in [0.2, 0.25) is 11.7 Å². The van der Waals surface area contributed by atoms with Crippen molar-refractivity contribution in [2.75, 3.05) is 33.2 Å². The second-order valence-electron chi connectivity index (χ2n) is 6.24. The Bertz CT molecular complexity index is 755. The van der Waals surface area contributed by atoms with Gasteiger partial charge in [0.25, 0.3) is 5.91 Å². The van der Waals surface area contributed by atoms with E-state index in [9.17, 15) is 4.79 Å². The largest absolute Gasteiger partial charge is 0.493 e. The standard InChI is InChI=1S/C19H26N4O4/c1-12(2)6-8-20-18(24)14-7-9-21-19(23-14)22-13-10-15(25-3)17(27-5)16(11-13)26-4/h7,9-12H,6,8H2,1-5H3,(H,20,24)(H,21,22,23). The predicted octanol–water partition coefficient (Wildman–Crippen LogP) is 3.02. The first kappa shape index (κ1) is 20.3. The van der Waals surface area contributed by atoms with Crippen molar-refractivity contribution in [1.82, 2.24) is 15.3 Å². The number of nitrogens with zero attached hydrogens (tertiary/aromatic N) is 2. The summed E-state index contributed by atoms with van der Waals surface area (Å²) >= 11 is 0. The maximum absolute atomic E-state index is 12.2. The molecule has 1 amide bonds. The van der Waals surface area contributed by atoms with Crippen LogP contribution in [0, 0.1) is 5.92 Å². The van der Waals surface area contributed by atoms with E-state index in [0.29, 0.717) is 47.0 Å². The molecule has 8 nitrogen and oxygen atoms in total. The highest BCUT2D eigenvalue weighted by molar-refractivity contribution is 5.92. The molecule has 0 unspecified atom stereocenters. The maximum Gasteiger partial charge on any atom is 0.270 e. The molecule has 8 heteroatoms. The van der Waals surface area contributed by atoms with Crippen LogP contribution in [0.5, 0.6) is 17.2 Å². The van der Waals surface area contributed by atoms with Crippen LogP contribution in [-0.4, -0.2) is 43.7 Å². The average Bonchev–Trinajstić information content (AvgIpc) is 2.66. The number of ether oxygens (including phenoxy) is 3. The number of benzene rings is 1. The molecule has 0 spiro atoms. The molecule has 0 saturated heterocycles. The highest BCUT2D eigenvalue weighted by Crippen LogP contribution is 2.40.